The van der Waals surface area contributed by atoms with E-state index in [9.17, 15) is 4.79 Å². The van der Waals surface area contributed by atoms with Crippen molar-refractivity contribution in [1.29, 1.82) is 0 Å². The molecule has 2 aromatic heterocycles. The first kappa shape index (κ1) is 17.3. The van der Waals surface area contributed by atoms with E-state index >= 15 is 0 Å². The monoisotopic (exact) mass is 345 g/mol. The number of ether oxygens (including phenoxy) is 1. The molecule has 0 bridgehead atoms. The second-order valence-electron chi connectivity index (χ2n) is 6.44. The summed E-state index contributed by atoms with van der Waals surface area (Å²) in [5.74, 6) is 1.47. The van der Waals surface area contributed by atoms with Crippen molar-refractivity contribution in [3.05, 3.63) is 35.7 Å². The fourth-order valence-corrected chi connectivity index (χ4v) is 2.82. The summed E-state index contributed by atoms with van der Waals surface area (Å²) in [7, 11) is 1.99. The Morgan fingerprint density at radius 1 is 1.40 bits per heavy atom. The molecular weight excluding hydrogens is 322 g/mol. The van der Waals surface area contributed by atoms with E-state index in [4.69, 9.17) is 9.26 Å². The largest absolute Gasteiger partial charge is 0.489 e. The third kappa shape index (κ3) is 3.79. The second kappa shape index (κ2) is 7.18. The Morgan fingerprint density at radius 2 is 2.20 bits per heavy atom. The Hall–Kier alpha value is -2.48. The molecule has 1 aliphatic heterocycles. The van der Waals surface area contributed by atoms with Crippen molar-refractivity contribution in [2.24, 2.45) is 0 Å². The lowest BCUT2D eigenvalue weighted by Crippen LogP contribution is -2.49. The maximum Gasteiger partial charge on any atom is 0.276 e. The Morgan fingerprint density at radius 3 is 2.88 bits per heavy atom. The van der Waals surface area contributed by atoms with Gasteiger partial charge in [-0.15, -0.1) is 0 Å². The first-order chi connectivity index (χ1) is 12.0. The summed E-state index contributed by atoms with van der Waals surface area (Å²) in [6.45, 7) is 7.41. The number of pyridine rings is 1. The highest BCUT2D eigenvalue weighted by atomic mass is 16.5. The van der Waals surface area contributed by atoms with E-state index in [0.29, 0.717) is 42.8 Å². The first-order valence-corrected chi connectivity index (χ1v) is 8.37. The van der Waals surface area contributed by atoms with Crippen LogP contribution in [0.3, 0.4) is 0 Å². The number of hydrogen-bond acceptors (Lipinski definition) is 7. The number of amides is 1. The summed E-state index contributed by atoms with van der Waals surface area (Å²) < 4.78 is 11.0. The molecule has 0 radical (unpaired) electrons. The topological polar surface area (TPSA) is 84.6 Å². The standard InChI is InChI=1S/C17H23N5O3/c1-11(2)24-14-6-5-7-18-15(14)17(23)22-9-8-21(4)13(10-22)16-19-12(3)20-25-16/h5-7,11,13H,8-10H2,1-4H3/t13-/m0/s1. The smallest absolute Gasteiger partial charge is 0.276 e. The molecule has 0 unspecified atom stereocenters. The molecule has 8 heteroatoms. The van der Waals surface area contributed by atoms with Crippen molar-refractivity contribution in [1.82, 2.24) is 24.9 Å². The molecule has 1 amide bonds. The van der Waals surface area contributed by atoms with Gasteiger partial charge in [-0.3, -0.25) is 9.69 Å². The molecule has 0 aromatic carbocycles. The number of aromatic nitrogens is 3. The Balaban J connectivity index is 1.81. The van der Waals surface area contributed by atoms with Gasteiger partial charge >= 0.3 is 0 Å². The molecule has 1 fully saturated rings. The Bertz CT molecular complexity index is 745. The molecule has 0 aliphatic carbocycles. The van der Waals surface area contributed by atoms with Crippen molar-refractivity contribution in [3.63, 3.8) is 0 Å². The number of piperazine rings is 1. The summed E-state index contributed by atoms with van der Waals surface area (Å²) in [6.07, 6.45) is 1.58. The minimum absolute atomic E-state index is 0.0302. The molecule has 2 aromatic rings. The van der Waals surface area contributed by atoms with Crippen LogP contribution in [0.15, 0.2) is 22.9 Å². The highest BCUT2D eigenvalue weighted by Gasteiger charge is 2.33. The lowest BCUT2D eigenvalue weighted by atomic mass is 10.1. The van der Waals surface area contributed by atoms with Crippen LogP contribution in [0.4, 0.5) is 0 Å². The molecule has 3 heterocycles. The van der Waals surface area contributed by atoms with Crippen molar-refractivity contribution >= 4 is 5.91 Å². The summed E-state index contributed by atoms with van der Waals surface area (Å²) >= 11 is 0. The molecule has 1 aliphatic rings. The van der Waals surface area contributed by atoms with Gasteiger partial charge in [0.05, 0.1) is 6.10 Å². The van der Waals surface area contributed by atoms with Crippen molar-refractivity contribution in [2.45, 2.75) is 32.9 Å². The van der Waals surface area contributed by atoms with Crippen LogP contribution in [0.5, 0.6) is 5.75 Å². The van der Waals surface area contributed by atoms with Crippen LogP contribution < -0.4 is 4.74 Å². The van der Waals surface area contributed by atoms with Gasteiger partial charge in [0.1, 0.15) is 6.04 Å². The molecule has 8 nitrogen and oxygen atoms in total. The predicted octanol–water partition coefficient (Wildman–Crippen LogP) is 1.69. The van der Waals surface area contributed by atoms with Crippen LogP contribution in [-0.4, -0.2) is 63.6 Å². The van der Waals surface area contributed by atoms with Gasteiger partial charge in [-0.05, 0) is 40.0 Å². The summed E-state index contributed by atoms with van der Waals surface area (Å²) in [5.41, 5.74) is 0.334. The number of likely N-dealkylation sites (N-methyl/N-ethyl adjacent to an activating group) is 1. The molecular formula is C17H23N5O3. The van der Waals surface area contributed by atoms with Crippen LogP contribution >= 0.6 is 0 Å². The fraction of sp³-hybridized carbons (Fsp3) is 0.529. The SMILES string of the molecule is Cc1noc([C@@H]2CN(C(=O)c3ncccc3OC(C)C)CCN2C)n1. The second-order valence-corrected chi connectivity index (χ2v) is 6.44. The van der Waals surface area contributed by atoms with Crippen LogP contribution in [-0.2, 0) is 0 Å². The number of carbonyl (C=O) groups is 1. The number of hydrogen-bond donors (Lipinski definition) is 0. The number of aryl methyl sites for hydroxylation is 1. The third-order valence-corrected chi connectivity index (χ3v) is 4.10. The van der Waals surface area contributed by atoms with E-state index in [1.54, 1.807) is 30.2 Å². The normalized spacial score (nSPS) is 18.6. The molecule has 25 heavy (non-hydrogen) atoms. The Labute approximate surface area is 146 Å². The zero-order valence-corrected chi connectivity index (χ0v) is 15.0. The van der Waals surface area contributed by atoms with E-state index < -0.39 is 0 Å². The van der Waals surface area contributed by atoms with Gasteiger partial charge in [0.2, 0.25) is 5.89 Å². The lowest BCUT2D eigenvalue weighted by Gasteiger charge is -2.37. The summed E-state index contributed by atoms with van der Waals surface area (Å²) in [4.78, 5) is 25.4. The maximum atomic E-state index is 13.0. The highest BCUT2D eigenvalue weighted by molar-refractivity contribution is 5.95. The van der Waals surface area contributed by atoms with Crippen molar-refractivity contribution in [3.8, 4) is 5.75 Å². The van der Waals surface area contributed by atoms with E-state index in [2.05, 4.69) is 20.0 Å². The molecule has 3 rings (SSSR count). The highest BCUT2D eigenvalue weighted by Crippen LogP contribution is 2.25. The average Bonchev–Trinajstić information content (AvgIpc) is 3.01. The van der Waals surface area contributed by atoms with Gasteiger partial charge in [0.15, 0.2) is 17.3 Å². The zero-order chi connectivity index (χ0) is 18.0. The lowest BCUT2D eigenvalue weighted by molar-refractivity contribution is 0.0478. The van der Waals surface area contributed by atoms with Crippen molar-refractivity contribution < 1.29 is 14.1 Å². The quantitative estimate of drug-likeness (QED) is 0.833. The molecule has 1 saturated heterocycles. The summed E-state index contributed by atoms with van der Waals surface area (Å²) in [5, 5.41) is 3.85. The van der Waals surface area contributed by atoms with Gasteiger partial charge < -0.3 is 14.2 Å². The van der Waals surface area contributed by atoms with Gasteiger partial charge in [-0.25, -0.2) is 4.98 Å². The van der Waals surface area contributed by atoms with E-state index in [1.807, 2.05) is 20.9 Å². The van der Waals surface area contributed by atoms with E-state index in [1.165, 1.54) is 0 Å². The van der Waals surface area contributed by atoms with Gasteiger partial charge in [-0.2, -0.15) is 4.98 Å². The molecule has 1 atom stereocenters. The third-order valence-electron chi connectivity index (χ3n) is 4.10. The molecule has 134 valence electrons. The number of rotatable bonds is 4. The maximum absolute atomic E-state index is 13.0. The van der Waals surface area contributed by atoms with Crippen molar-refractivity contribution in [2.75, 3.05) is 26.7 Å². The number of nitrogens with zero attached hydrogens (tertiary/aromatic N) is 5. The molecule has 0 spiro atoms. The van der Waals surface area contributed by atoms with Crippen LogP contribution in [0.25, 0.3) is 0 Å². The molecule has 0 saturated carbocycles. The summed E-state index contributed by atoms with van der Waals surface area (Å²) in [6, 6.07) is 3.41. The fourth-order valence-electron chi connectivity index (χ4n) is 2.82. The molecule has 0 N–H and O–H groups in total. The van der Waals surface area contributed by atoms with Gasteiger partial charge in [-0.1, -0.05) is 5.16 Å². The zero-order valence-electron chi connectivity index (χ0n) is 15.0. The van der Waals surface area contributed by atoms with Gasteiger partial charge in [0.25, 0.3) is 5.91 Å². The van der Waals surface area contributed by atoms with E-state index in [-0.39, 0.29) is 18.1 Å². The van der Waals surface area contributed by atoms with Crippen LogP contribution in [0.2, 0.25) is 0 Å². The Kier molecular flexibility index (Phi) is 4.98. The number of carbonyl (C=O) groups excluding carboxylic acids is 1. The minimum Gasteiger partial charge on any atom is -0.489 e. The predicted molar refractivity (Wildman–Crippen MR) is 90.3 cm³/mol. The average molecular weight is 345 g/mol. The minimum atomic E-state index is -0.148. The first-order valence-electron chi connectivity index (χ1n) is 8.37. The van der Waals surface area contributed by atoms with Gasteiger partial charge in [0, 0.05) is 25.8 Å². The van der Waals surface area contributed by atoms with Crippen LogP contribution in [0, 0.1) is 6.92 Å². The van der Waals surface area contributed by atoms with Crippen LogP contribution in [0.1, 0.15) is 42.1 Å². The van der Waals surface area contributed by atoms with E-state index in [0.717, 1.165) is 0 Å².